The molecule has 5 heteroatoms. The number of phenolic OH excluding ortho intramolecular Hbond substituents is 1. The van der Waals surface area contributed by atoms with Crippen LogP contribution < -0.4 is 11.5 Å². The Kier molecular flexibility index (Phi) is 3.72. The average molecular weight is 249 g/mol. The van der Waals surface area contributed by atoms with Gasteiger partial charge in [0.05, 0.1) is 0 Å². The molecule has 5 N–H and O–H groups in total. The van der Waals surface area contributed by atoms with E-state index in [1.165, 1.54) is 0 Å². The first kappa shape index (κ1) is 12.7. The third kappa shape index (κ3) is 2.92. The molecule has 0 aliphatic carbocycles. The minimum absolute atomic E-state index is 0.00399. The molecule has 18 heavy (non-hydrogen) atoms. The molecule has 2 rings (SSSR count). The Morgan fingerprint density at radius 2 is 2.06 bits per heavy atom. The highest BCUT2D eigenvalue weighted by Gasteiger charge is 2.23. The lowest BCUT2D eigenvalue weighted by Crippen LogP contribution is -2.38. The summed E-state index contributed by atoms with van der Waals surface area (Å²) in [6.07, 6.45) is 1.58. The number of piperidine rings is 1. The van der Waals surface area contributed by atoms with Crippen LogP contribution >= 0.6 is 0 Å². The van der Waals surface area contributed by atoms with Crippen molar-refractivity contribution in [1.82, 2.24) is 4.90 Å². The first-order valence-electron chi connectivity index (χ1n) is 6.15. The van der Waals surface area contributed by atoms with E-state index in [-0.39, 0.29) is 17.6 Å². The second-order valence-electron chi connectivity index (χ2n) is 4.84. The fourth-order valence-corrected chi connectivity index (χ4v) is 2.35. The smallest absolute Gasteiger partial charge is 0.220 e. The summed E-state index contributed by atoms with van der Waals surface area (Å²) >= 11 is 0. The van der Waals surface area contributed by atoms with Crippen molar-refractivity contribution in [1.29, 1.82) is 0 Å². The fraction of sp³-hybridized carbons (Fsp3) is 0.462. The Morgan fingerprint density at radius 3 is 2.67 bits per heavy atom. The number of hydrogen-bond acceptors (Lipinski definition) is 4. The Balaban J connectivity index is 1.95. The molecule has 0 aromatic heterocycles. The molecular weight excluding hydrogens is 230 g/mol. The number of carbonyl (C=O) groups excluding carboxylic acids is 1. The van der Waals surface area contributed by atoms with Crippen LogP contribution in [0, 0.1) is 5.92 Å². The molecule has 0 spiro atoms. The molecular formula is C13H19N3O2. The maximum Gasteiger partial charge on any atom is 0.220 e. The number of amides is 1. The summed E-state index contributed by atoms with van der Waals surface area (Å²) in [5.74, 6) is 0.0540. The Hall–Kier alpha value is -1.75. The largest absolute Gasteiger partial charge is 0.508 e. The zero-order chi connectivity index (χ0) is 13.1. The summed E-state index contributed by atoms with van der Waals surface area (Å²) in [5, 5.41) is 9.75. The van der Waals surface area contributed by atoms with Crippen molar-refractivity contribution in [3.63, 3.8) is 0 Å². The number of aromatic hydroxyl groups is 1. The van der Waals surface area contributed by atoms with Crippen molar-refractivity contribution in [2.75, 3.05) is 18.8 Å². The van der Waals surface area contributed by atoms with Gasteiger partial charge in [0.25, 0.3) is 0 Å². The van der Waals surface area contributed by atoms with Crippen LogP contribution in [-0.2, 0) is 11.3 Å². The van der Waals surface area contributed by atoms with Crippen LogP contribution in [0.3, 0.4) is 0 Å². The quantitative estimate of drug-likeness (QED) is 0.542. The number of phenols is 1. The predicted octanol–water partition coefficient (Wildman–Crippen LogP) is 0.672. The number of nitrogen functional groups attached to an aromatic ring is 1. The molecule has 1 aromatic rings. The number of rotatable bonds is 3. The molecule has 1 aromatic carbocycles. The normalized spacial score (nSPS) is 17.8. The second-order valence-corrected chi connectivity index (χ2v) is 4.84. The lowest BCUT2D eigenvalue weighted by molar-refractivity contribution is -0.123. The van der Waals surface area contributed by atoms with Gasteiger partial charge in [-0.25, -0.2) is 0 Å². The molecule has 5 nitrogen and oxygen atoms in total. The van der Waals surface area contributed by atoms with E-state index < -0.39 is 0 Å². The zero-order valence-corrected chi connectivity index (χ0v) is 10.3. The highest BCUT2D eigenvalue weighted by Crippen LogP contribution is 2.24. The Morgan fingerprint density at radius 1 is 1.39 bits per heavy atom. The van der Waals surface area contributed by atoms with Gasteiger partial charge in [-0.15, -0.1) is 0 Å². The molecule has 98 valence electrons. The van der Waals surface area contributed by atoms with Gasteiger partial charge in [0.15, 0.2) is 0 Å². The minimum atomic E-state index is -0.207. The molecule has 0 bridgehead atoms. The predicted molar refractivity (Wildman–Crippen MR) is 69.7 cm³/mol. The van der Waals surface area contributed by atoms with Gasteiger partial charge in [0.1, 0.15) is 5.75 Å². The highest BCUT2D eigenvalue weighted by atomic mass is 16.3. The first-order valence-corrected chi connectivity index (χ1v) is 6.15. The molecule has 0 unspecified atom stereocenters. The average Bonchev–Trinajstić information content (AvgIpc) is 2.34. The van der Waals surface area contributed by atoms with Gasteiger partial charge in [0, 0.05) is 23.7 Å². The van der Waals surface area contributed by atoms with Gasteiger partial charge in [0.2, 0.25) is 5.91 Å². The van der Waals surface area contributed by atoms with Crippen molar-refractivity contribution in [2.24, 2.45) is 11.7 Å². The number of anilines is 1. The van der Waals surface area contributed by atoms with Crippen molar-refractivity contribution in [3.8, 4) is 5.75 Å². The standard InChI is InChI=1S/C13H19N3O2/c14-11-1-2-12(17)10(7-11)8-16-5-3-9(4-6-16)13(15)18/h1-2,7,9,17H,3-6,8,14H2,(H2,15,18). The third-order valence-corrected chi connectivity index (χ3v) is 3.49. The van der Waals surface area contributed by atoms with Crippen LogP contribution in [0.4, 0.5) is 5.69 Å². The van der Waals surface area contributed by atoms with Crippen LogP contribution in [0.1, 0.15) is 18.4 Å². The summed E-state index contributed by atoms with van der Waals surface area (Å²) in [6, 6.07) is 5.08. The summed E-state index contributed by atoms with van der Waals surface area (Å²) in [4.78, 5) is 13.3. The summed E-state index contributed by atoms with van der Waals surface area (Å²) in [7, 11) is 0. The van der Waals surface area contributed by atoms with E-state index in [1.54, 1.807) is 18.2 Å². The lowest BCUT2D eigenvalue weighted by Gasteiger charge is -2.30. The zero-order valence-electron chi connectivity index (χ0n) is 10.3. The Bertz CT molecular complexity index is 440. The number of likely N-dealkylation sites (tertiary alicyclic amines) is 1. The molecule has 0 atom stereocenters. The van der Waals surface area contributed by atoms with Gasteiger partial charge in [-0.1, -0.05) is 0 Å². The Labute approximate surface area is 106 Å². The monoisotopic (exact) mass is 249 g/mol. The van der Waals surface area contributed by atoms with E-state index in [2.05, 4.69) is 4.90 Å². The van der Waals surface area contributed by atoms with E-state index >= 15 is 0 Å². The SMILES string of the molecule is NC(=O)C1CCN(Cc2cc(N)ccc2O)CC1. The number of benzene rings is 1. The van der Waals surface area contributed by atoms with Crippen LogP contribution in [0.2, 0.25) is 0 Å². The molecule has 0 saturated carbocycles. The molecule has 1 amide bonds. The van der Waals surface area contributed by atoms with Gasteiger partial charge >= 0.3 is 0 Å². The number of hydrogen-bond donors (Lipinski definition) is 3. The van der Waals surface area contributed by atoms with Crippen LogP contribution in [0.5, 0.6) is 5.75 Å². The van der Waals surface area contributed by atoms with Crippen molar-refractivity contribution >= 4 is 11.6 Å². The number of carbonyl (C=O) groups is 1. The second kappa shape index (κ2) is 5.27. The first-order chi connectivity index (χ1) is 8.56. The number of primary amides is 1. The minimum Gasteiger partial charge on any atom is -0.508 e. The van der Waals surface area contributed by atoms with Crippen molar-refractivity contribution in [3.05, 3.63) is 23.8 Å². The van der Waals surface area contributed by atoms with Crippen LogP contribution in [0.15, 0.2) is 18.2 Å². The fourth-order valence-electron chi connectivity index (χ4n) is 2.35. The van der Waals surface area contributed by atoms with Crippen molar-refractivity contribution in [2.45, 2.75) is 19.4 Å². The molecule has 1 heterocycles. The molecule has 1 aliphatic rings. The lowest BCUT2D eigenvalue weighted by atomic mass is 9.96. The molecule has 0 radical (unpaired) electrons. The van der Waals surface area contributed by atoms with Gasteiger partial charge < -0.3 is 16.6 Å². The molecule has 1 fully saturated rings. The molecule has 1 saturated heterocycles. The topological polar surface area (TPSA) is 92.6 Å². The van der Waals surface area contributed by atoms with E-state index in [4.69, 9.17) is 11.5 Å². The maximum atomic E-state index is 11.1. The summed E-state index contributed by atoms with van der Waals surface area (Å²) in [6.45, 7) is 2.30. The summed E-state index contributed by atoms with van der Waals surface area (Å²) in [5.41, 5.74) is 12.5. The highest BCUT2D eigenvalue weighted by molar-refractivity contribution is 5.76. The van der Waals surface area contributed by atoms with Gasteiger partial charge in [-0.3, -0.25) is 9.69 Å². The summed E-state index contributed by atoms with van der Waals surface area (Å²) < 4.78 is 0. The van der Waals surface area contributed by atoms with Gasteiger partial charge in [-0.2, -0.15) is 0 Å². The van der Waals surface area contributed by atoms with Crippen molar-refractivity contribution < 1.29 is 9.90 Å². The van der Waals surface area contributed by atoms with E-state index in [9.17, 15) is 9.90 Å². The van der Waals surface area contributed by atoms with E-state index in [1.807, 2.05) is 0 Å². The maximum absolute atomic E-state index is 11.1. The third-order valence-electron chi connectivity index (χ3n) is 3.49. The number of nitrogens with zero attached hydrogens (tertiary/aromatic N) is 1. The van der Waals surface area contributed by atoms with E-state index in [0.29, 0.717) is 12.2 Å². The van der Waals surface area contributed by atoms with Crippen LogP contribution in [-0.4, -0.2) is 29.0 Å². The van der Waals surface area contributed by atoms with Gasteiger partial charge in [-0.05, 0) is 44.1 Å². The molecule has 1 aliphatic heterocycles. The van der Waals surface area contributed by atoms with Crippen LogP contribution in [0.25, 0.3) is 0 Å². The number of nitrogens with two attached hydrogens (primary N) is 2. The van der Waals surface area contributed by atoms with E-state index in [0.717, 1.165) is 31.5 Å².